The normalized spacial score (nSPS) is 13.3. The number of benzene rings is 2. The second-order valence-corrected chi connectivity index (χ2v) is 5.70. The van der Waals surface area contributed by atoms with Crippen LogP contribution in [0.1, 0.15) is 22.8 Å². The van der Waals surface area contributed by atoms with Gasteiger partial charge in [0.15, 0.2) is 6.10 Å². The Labute approximate surface area is 115 Å². The van der Waals surface area contributed by atoms with Crippen molar-refractivity contribution in [1.82, 2.24) is 0 Å². The van der Waals surface area contributed by atoms with Crippen LogP contribution >= 0.6 is 0 Å². The van der Waals surface area contributed by atoms with Crippen LogP contribution in [0.25, 0.3) is 0 Å². The first-order valence-electron chi connectivity index (χ1n) is 6.57. The molecule has 100 valence electrons. The van der Waals surface area contributed by atoms with Gasteiger partial charge in [-0.1, -0.05) is 60.2 Å². The molecular formula is C17H22NO+. The average molecular weight is 256 g/mol. The van der Waals surface area contributed by atoms with Crippen LogP contribution in [0, 0.1) is 6.92 Å². The molecule has 0 heterocycles. The minimum absolute atomic E-state index is 0.0400. The minimum atomic E-state index is -0.0400. The molecule has 0 aliphatic carbocycles. The predicted molar refractivity (Wildman–Crippen MR) is 78.6 cm³/mol. The number of aryl methyl sites for hydroxylation is 1. The van der Waals surface area contributed by atoms with E-state index in [1.807, 2.05) is 27.2 Å². The van der Waals surface area contributed by atoms with Gasteiger partial charge in [-0.25, -0.2) is 0 Å². The Balaban J connectivity index is 2.37. The fraction of sp³-hybridized carbons (Fsp3) is 0.294. The maximum atomic E-state index is 6.19. The first-order chi connectivity index (χ1) is 8.96. The van der Waals surface area contributed by atoms with Crippen molar-refractivity contribution in [3.8, 4) is 0 Å². The molecule has 2 rings (SSSR count). The number of rotatable bonds is 4. The highest BCUT2D eigenvalue weighted by Gasteiger charge is 2.22. The lowest BCUT2D eigenvalue weighted by atomic mass is 10.0. The van der Waals surface area contributed by atoms with E-state index >= 15 is 0 Å². The monoisotopic (exact) mass is 256 g/mol. The van der Waals surface area contributed by atoms with Crippen molar-refractivity contribution in [2.75, 3.05) is 21.1 Å². The van der Waals surface area contributed by atoms with E-state index in [4.69, 9.17) is 4.84 Å². The molecule has 0 fully saturated rings. The maximum absolute atomic E-state index is 6.19. The van der Waals surface area contributed by atoms with Gasteiger partial charge in [0.05, 0.1) is 21.1 Å². The molecule has 0 saturated heterocycles. The zero-order valence-corrected chi connectivity index (χ0v) is 12.1. The molecule has 2 aromatic rings. The van der Waals surface area contributed by atoms with E-state index in [0.29, 0.717) is 4.65 Å². The number of hydroxylamine groups is 3. The average Bonchev–Trinajstić information content (AvgIpc) is 2.37. The smallest absolute Gasteiger partial charge is 0.167 e. The summed E-state index contributed by atoms with van der Waals surface area (Å²) in [7, 11) is 6.10. The molecule has 0 unspecified atom stereocenters. The molecule has 2 heteroatoms. The number of quaternary nitrogens is 1. The molecule has 0 saturated carbocycles. The molecule has 1 atom stereocenters. The summed E-state index contributed by atoms with van der Waals surface area (Å²) in [6, 6.07) is 18.9. The Kier molecular flexibility index (Phi) is 4.03. The highest BCUT2D eigenvalue weighted by molar-refractivity contribution is 5.31. The topological polar surface area (TPSA) is 9.23 Å². The molecule has 0 spiro atoms. The summed E-state index contributed by atoms with van der Waals surface area (Å²) >= 11 is 0. The molecule has 2 nitrogen and oxygen atoms in total. The Morgan fingerprint density at radius 3 is 1.84 bits per heavy atom. The fourth-order valence-corrected chi connectivity index (χ4v) is 2.00. The van der Waals surface area contributed by atoms with Crippen LogP contribution in [0.5, 0.6) is 0 Å². The second-order valence-electron chi connectivity index (χ2n) is 5.70. The van der Waals surface area contributed by atoms with Crippen LogP contribution in [0.4, 0.5) is 0 Å². The van der Waals surface area contributed by atoms with Gasteiger partial charge >= 0.3 is 0 Å². The van der Waals surface area contributed by atoms with Gasteiger partial charge in [0.25, 0.3) is 0 Å². The summed E-state index contributed by atoms with van der Waals surface area (Å²) in [6.07, 6.45) is -0.0400. The first-order valence-corrected chi connectivity index (χ1v) is 6.57. The van der Waals surface area contributed by atoms with Crippen molar-refractivity contribution in [3.05, 3.63) is 71.3 Å². The summed E-state index contributed by atoms with van der Waals surface area (Å²) in [5.41, 5.74) is 3.63. The molecule has 0 aliphatic heterocycles. The van der Waals surface area contributed by atoms with Gasteiger partial charge in [0, 0.05) is 0 Å². The van der Waals surface area contributed by atoms with Crippen LogP contribution in [-0.2, 0) is 4.84 Å². The third kappa shape index (κ3) is 3.91. The number of nitrogens with zero attached hydrogens (tertiary/aromatic N) is 1. The molecule has 0 bridgehead atoms. The highest BCUT2D eigenvalue weighted by Crippen LogP contribution is 2.28. The molecule has 0 amide bonds. The van der Waals surface area contributed by atoms with E-state index in [1.54, 1.807) is 0 Å². The van der Waals surface area contributed by atoms with Crippen molar-refractivity contribution in [3.63, 3.8) is 0 Å². The Morgan fingerprint density at radius 1 is 0.789 bits per heavy atom. The van der Waals surface area contributed by atoms with Gasteiger partial charge < -0.3 is 0 Å². The Morgan fingerprint density at radius 2 is 1.32 bits per heavy atom. The number of hydrogen-bond donors (Lipinski definition) is 0. The van der Waals surface area contributed by atoms with Crippen molar-refractivity contribution >= 4 is 0 Å². The molecule has 19 heavy (non-hydrogen) atoms. The third-order valence-corrected chi connectivity index (χ3v) is 2.90. The van der Waals surface area contributed by atoms with Crippen molar-refractivity contribution in [1.29, 1.82) is 0 Å². The Bertz CT molecular complexity index is 511. The molecule has 0 aliphatic rings. The fourth-order valence-electron chi connectivity index (χ4n) is 2.00. The van der Waals surface area contributed by atoms with Gasteiger partial charge in [0.1, 0.15) is 0 Å². The lowest BCUT2D eigenvalue weighted by molar-refractivity contribution is -1.07. The summed E-state index contributed by atoms with van der Waals surface area (Å²) in [4.78, 5) is 6.19. The maximum Gasteiger partial charge on any atom is 0.167 e. The van der Waals surface area contributed by atoms with Crippen LogP contribution in [0.2, 0.25) is 0 Å². The van der Waals surface area contributed by atoms with Crippen molar-refractivity contribution in [2.45, 2.75) is 13.0 Å². The predicted octanol–water partition coefficient (Wildman–Crippen LogP) is 3.72. The van der Waals surface area contributed by atoms with Crippen LogP contribution in [0.3, 0.4) is 0 Å². The van der Waals surface area contributed by atoms with Gasteiger partial charge in [-0.2, -0.15) is 9.48 Å². The highest BCUT2D eigenvalue weighted by atomic mass is 16.7. The standard InChI is InChI=1S/C17H22NO/c1-14-10-12-16(13-11-14)17(19-18(2,3)4)15-8-6-5-7-9-15/h5-13,17H,1-4H3/q+1/t17-/m1/s1. The minimum Gasteiger partial charge on any atom is -0.191 e. The second kappa shape index (κ2) is 5.55. The molecule has 0 aromatic heterocycles. The quantitative estimate of drug-likeness (QED) is 0.598. The van der Waals surface area contributed by atoms with Crippen molar-refractivity contribution < 1.29 is 9.48 Å². The zero-order valence-electron chi connectivity index (χ0n) is 12.1. The van der Waals surface area contributed by atoms with Crippen molar-refractivity contribution in [2.24, 2.45) is 0 Å². The SMILES string of the molecule is Cc1ccc([C@H](O[N+](C)(C)C)c2ccccc2)cc1. The van der Waals surface area contributed by atoms with Crippen LogP contribution in [-0.4, -0.2) is 25.8 Å². The van der Waals surface area contributed by atoms with E-state index in [2.05, 4.69) is 55.5 Å². The van der Waals surface area contributed by atoms with Gasteiger partial charge in [-0.05, 0) is 18.1 Å². The van der Waals surface area contributed by atoms with E-state index in [-0.39, 0.29) is 6.10 Å². The molecular weight excluding hydrogens is 234 g/mol. The van der Waals surface area contributed by atoms with E-state index in [0.717, 1.165) is 0 Å². The zero-order chi connectivity index (χ0) is 13.9. The van der Waals surface area contributed by atoms with E-state index in [1.165, 1.54) is 16.7 Å². The molecule has 2 aromatic carbocycles. The first kappa shape index (κ1) is 13.8. The van der Waals surface area contributed by atoms with Gasteiger partial charge in [0.2, 0.25) is 0 Å². The lowest BCUT2D eigenvalue weighted by Gasteiger charge is -2.28. The van der Waals surface area contributed by atoms with Crippen LogP contribution in [0.15, 0.2) is 54.6 Å². The summed E-state index contributed by atoms with van der Waals surface area (Å²) in [5, 5.41) is 0. The number of hydrogen-bond acceptors (Lipinski definition) is 1. The summed E-state index contributed by atoms with van der Waals surface area (Å²) in [6.45, 7) is 2.10. The van der Waals surface area contributed by atoms with E-state index < -0.39 is 0 Å². The summed E-state index contributed by atoms with van der Waals surface area (Å²) < 4.78 is 0.466. The summed E-state index contributed by atoms with van der Waals surface area (Å²) in [5.74, 6) is 0. The largest absolute Gasteiger partial charge is 0.191 e. The molecule has 0 radical (unpaired) electrons. The van der Waals surface area contributed by atoms with Gasteiger partial charge in [-0.15, -0.1) is 0 Å². The van der Waals surface area contributed by atoms with Gasteiger partial charge in [-0.3, -0.25) is 0 Å². The third-order valence-electron chi connectivity index (χ3n) is 2.90. The van der Waals surface area contributed by atoms with E-state index in [9.17, 15) is 0 Å². The lowest BCUT2D eigenvalue weighted by Crippen LogP contribution is -2.36. The molecule has 0 N–H and O–H groups in total. The Hall–Kier alpha value is -1.64. The van der Waals surface area contributed by atoms with Crippen LogP contribution < -0.4 is 0 Å².